The fourth-order valence-corrected chi connectivity index (χ4v) is 9.13. The van der Waals surface area contributed by atoms with Crippen molar-refractivity contribution < 1.29 is 29.0 Å². The zero-order valence-electron chi connectivity index (χ0n) is 26.3. The minimum Gasteiger partial charge on any atom is -0.508 e. The second-order valence-corrected chi connectivity index (χ2v) is 13.9. The van der Waals surface area contributed by atoms with E-state index in [-0.39, 0.29) is 30.4 Å². The zero-order chi connectivity index (χ0) is 34.2. The molecule has 8 nitrogen and oxygen atoms in total. The number of nitrogens with zero attached hydrogens (tertiary/aromatic N) is 2. The standard InChI is InChI=1S/C39H30Cl2N2O6/c1-49-26-14-17-32(44)30(19-26)34-27-15-16-28-33(37(47)42(35(28)45)24-12-10-22(40)11-13-24)29(27)20-31-36(46)43(25-9-5-8-23(41)18-25)38(48)39(31,34)21-6-3-2-4-7-21/h2-15,17-19,28-29,31,33-34,44H,16,20H2,1H3. The number of allylic oxidation sites excluding steroid dienone is 2. The third-order valence-electron chi connectivity index (χ3n) is 10.8. The molecule has 1 N–H and O–H groups in total. The van der Waals surface area contributed by atoms with Crippen molar-refractivity contribution in [2.75, 3.05) is 16.9 Å². The predicted octanol–water partition coefficient (Wildman–Crippen LogP) is 7.07. The largest absolute Gasteiger partial charge is 0.508 e. The number of rotatable bonds is 5. The molecule has 8 rings (SSSR count). The summed E-state index contributed by atoms with van der Waals surface area (Å²) in [6, 6.07) is 27.1. The smallest absolute Gasteiger partial charge is 0.246 e. The number of hydrogen-bond donors (Lipinski definition) is 1. The van der Waals surface area contributed by atoms with Gasteiger partial charge >= 0.3 is 0 Å². The quantitative estimate of drug-likeness (QED) is 0.177. The number of amides is 4. The maximum Gasteiger partial charge on any atom is 0.246 e. The van der Waals surface area contributed by atoms with Gasteiger partial charge in [0.1, 0.15) is 11.5 Å². The Morgan fingerprint density at radius 2 is 1.51 bits per heavy atom. The molecule has 6 atom stereocenters. The fourth-order valence-electron chi connectivity index (χ4n) is 8.82. The maximum absolute atomic E-state index is 15.3. The van der Waals surface area contributed by atoms with Gasteiger partial charge < -0.3 is 9.84 Å². The lowest BCUT2D eigenvalue weighted by atomic mass is 9.49. The second-order valence-electron chi connectivity index (χ2n) is 13.0. The summed E-state index contributed by atoms with van der Waals surface area (Å²) in [7, 11) is 1.51. The fraction of sp³-hybridized carbons (Fsp3) is 0.231. The van der Waals surface area contributed by atoms with Crippen molar-refractivity contribution in [3.05, 3.63) is 130 Å². The van der Waals surface area contributed by atoms with E-state index in [1.54, 1.807) is 60.7 Å². The van der Waals surface area contributed by atoms with Gasteiger partial charge in [0.2, 0.25) is 23.6 Å². The molecule has 49 heavy (non-hydrogen) atoms. The number of hydrogen-bond acceptors (Lipinski definition) is 6. The van der Waals surface area contributed by atoms with Crippen molar-refractivity contribution >= 4 is 58.2 Å². The molecule has 0 bridgehead atoms. The van der Waals surface area contributed by atoms with Crippen molar-refractivity contribution in [1.29, 1.82) is 0 Å². The lowest BCUT2D eigenvalue weighted by Gasteiger charge is -2.50. The number of phenols is 1. The highest BCUT2D eigenvalue weighted by atomic mass is 35.5. The highest BCUT2D eigenvalue weighted by Crippen LogP contribution is 2.65. The molecule has 6 unspecified atom stereocenters. The van der Waals surface area contributed by atoms with E-state index in [4.69, 9.17) is 27.9 Å². The molecule has 4 aromatic carbocycles. The first-order valence-electron chi connectivity index (χ1n) is 16.1. The number of methoxy groups -OCH3 is 1. The number of anilines is 2. The minimum absolute atomic E-state index is 0.0819. The van der Waals surface area contributed by atoms with E-state index in [2.05, 4.69) is 0 Å². The van der Waals surface area contributed by atoms with E-state index in [1.165, 1.54) is 23.0 Å². The van der Waals surface area contributed by atoms with Crippen molar-refractivity contribution in [2.24, 2.45) is 23.7 Å². The Morgan fingerprint density at radius 3 is 2.22 bits per heavy atom. The summed E-state index contributed by atoms with van der Waals surface area (Å²) in [4.78, 5) is 60.9. The Labute approximate surface area is 292 Å². The van der Waals surface area contributed by atoms with E-state index in [0.29, 0.717) is 38.3 Å². The number of fused-ring (bicyclic) bond motifs is 4. The Balaban J connectivity index is 1.37. The number of aromatic hydroxyl groups is 1. The second kappa shape index (κ2) is 11.6. The molecule has 0 radical (unpaired) electrons. The molecule has 2 aliphatic heterocycles. The number of ether oxygens (including phenoxy) is 1. The SMILES string of the molecule is COc1ccc(O)c(C2C3=CCC4C(=O)N(c5ccc(Cl)cc5)C(=O)C4C3CC3C(=O)N(c4cccc(Cl)c4)C(=O)C32c2ccccc2)c1. The Hall–Kier alpha value is -4.92. The molecular weight excluding hydrogens is 663 g/mol. The number of carbonyl (C=O) groups excluding carboxylic acids is 4. The molecule has 1 saturated carbocycles. The average molecular weight is 694 g/mol. The van der Waals surface area contributed by atoms with Gasteiger partial charge in [-0.25, -0.2) is 4.90 Å². The van der Waals surface area contributed by atoms with Crippen LogP contribution >= 0.6 is 23.2 Å². The normalized spacial score (nSPS) is 27.5. The van der Waals surface area contributed by atoms with Crippen LogP contribution in [0.25, 0.3) is 0 Å². The number of benzene rings is 4. The topological polar surface area (TPSA) is 104 Å². The van der Waals surface area contributed by atoms with E-state index in [0.717, 1.165) is 5.57 Å². The summed E-state index contributed by atoms with van der Waals surface area (Å²) in [5, 5.41) is 12.4. The monoisotopic (exact) mass is 692 g/mol. The molecule has 0 aromatic heterocycles. The van der Waals surface area contributed by atoms with Gasteiger partial charge in [-0.2, -0.15) is 0 Å². The molecule has 10 heteroatoms. The molecule has 2 heterocycles. The molecule has 0 spiro atoms. The van der Waals surface area contributed by atoms with Gasteiger partial charge in [0.05, 0.1) is 41.7 Å². The molecule has 2 aliphatic carbocycles. The third-order valence-corrected chi connectivity index (χ3v) is 11.3. The molecule has 246 valence electrons. The van der Waals surface area contributed by atoms with E-state index in [9.17, 15) is 19.5 Å². The molecule has 4 aliphatic rings. The zero-order valence-corrected chi connectivity index (χ0v) is 27.8. The third kappa shape index (κ3) is 4.50. The summed E-state index contributed by atoms with van der Waals surface area (Å²) < 4.78 is 5.59. The van der Waals surface area contributed by atoms with Crippen LogP contribution in [0, 0.1) is 23.7 Å². The number of imide groups is 2. The predicted molar refractivity (Wildman–Crippen MR) is 185 cm³/mol. The van der Waals surface area contributed by atoms with Crippen molar-refractivity contribution in [3.8, 4) is 11.5 Å². The summed E-state index contributed by atoms with van der Waals surface area (Å²) in [6.45, 7) is 0. The molecular formula is C39H30Cl2N2O6. The van der Waals surface area contributed by atoms with Crippen LogP contribution in [0.15, 0.2) is 109 Å². The van der Waals surface area contributed by atoms with Gasteiger partial charge in [-0.15, -0.1) is 0 Å². The van der Waals surface area contributed by atoms with Crippen molar-refractivity contribution in [1.82, 2.24) is 0 Å². The lowest BCUT2D eigenvalue weighted by molar-refractivity contribution is -0.127. The molecule has 4 amide bonds. The van der Waals surface area contributed by atoms with Gasteiger partial charge in [-0.05, 0) is 85.0 Å². The first-order valence-corrected chi connectivity index (χ1v) is 16.8. The number of phenolic OH excluding ortho intramolecular Hbond substituents is 1. The lowest BCUT2D eigenvalue weighted by Crippen LogP contribution is -2.53. The van der Waals surface area contributed by atoms with Crippen LogP contribution < -0.4 is 14.5 Å². The van der Waals surface area contributed by atoms with Crippen LogP contribution in [0.3, 0.4) is 0 Å². The van der Waals surface area contributed by atoms with E-state index in [1.807, 2.05) is 36.4 Å². The molecule has 4 aromatic rings. The van der Waals surface area contributed by atoms with Crippen LogP contribution in [0.5, 0.6) is 11.5 Å². The van der Waals surface area contributed by atoms with Gasteiger partial charge in [0.25, 0.3) is 0 Å². The van der Waals surface area contributed by atoms with Crippen molar-refractivity contribution in [2.45, 2.75) is 24.2 Å². The van der Waals surface area contributed by atoms with Crippen LogP contribution in [-0.4, -0.2) is 35.8 Å². The number of halogens is 2. The first kappa shape index (κ1) is 31.4. The summed E-state index contributed by atoms with van der Waals surface area (Å²) in [6.07, 6.45) is 2.34. The van der Waals surface area contributed by atoms with Crippen LogP contribution in [-0.2, 0) is 24.6 Å². The Bertz CT molecular complexity index is 2080. The maximum atomic E-state index is 15.3. The average Bonchev–Trinajstić information content (AvgIpc) is 3.50. The van der Waals surface area contributed by atoms with E-state index < -0.39 is 46.8 Å². The van der Waals surface area contributed by atoms with Crippen LogP contribution in [0.2, 0.25) is 10.0 Å². The van der Waals surface area contributed by atoms with Crippen molar-refractivity contribution in [3.63, 3.8) is 0 Å². The van der Waals surface area contributed by atoms with Gasteiger partial charge in [-0.3, -0.25) is 24.1 Å². The van der Waals surface area contributed by atoms with Gasteiger partial charge in [0, 0.05) is 21.5 Å². The van der Waals surface area contributed by atoms with Gasteiger partial charge in [0.15, 0.2) is 0 Å². The number of carbonyl (C=O) groups is 4. The van der Waals surface area contributed by atoms with E-state index >= 15 is 4.79 Å². The minimum atomic E-state index is -1.51. The molecule has 3 fully saturated rings. The van der Waals surface area contributed by atoms with Gasteiger partial charge in [-0.1, -0.05) is 71.2 Å². The highest BCUT2D eigenvalue weighted by molar-refractivity contribution is 6.32. The molecule has 2 saturated heterocycles. The Morgan fingerprint density at radius 1 is 0.755 bits per heavy atom. The summed E-state index contributed by atoms with van der Waals surface area (Å²) >= 11 is 12.5. The highest BCUT2D eigenvalue weighted by Gasteiger charge is 2.70. The van der Waals surface area contributed by atoms with Crippen LogP contribution in [0.1, 0.15) is 29.9 Å². The first-order chi connectivity index (χ1) is 23.7. The van der Waals surface area contributed by atoms with Crippen LogP contribution in [0.4, 0.5) is 11.4 Å². The summed E-state index contributed by atoms with van der Waals surface area (Å²) in [5.74, 6) is -5.06. The Kier molecular flexibility index (Phi) is 7.42. The summed E-state index contributed by atoms with van der Waals surface area (Å²) in [5.41, 5.74) is 0.971.